The molecule has 0 aliphatic rings. The molecule has 1 amide bonds. The van der Waals surface area contributed by atoms with Gasteiger partial charge in [-0.2, -0.15) is 13.2 Å². The Bertz CT molecular complexity index is 937. The SMILES string of the molecule is O=C(NC(=S)Nc1ccccc1SC(F)(F)F)c1cc2ccccc2o1. The highest BCUT2D eigenvalue weighted by atomic mass is 32.2. The van der Waals surface area contributed by atoms with Crippen molar-refractivity contribution in [2.75, 3.05) is 5.32 Å². The molecule has 0 spiro atoms. The predicted molar refractivity (Wildman–Crippen MR) is 98.3 cm³/mol. The zero-order valence-corrected chi connectivity index (χ0v) is 14.6. The number of halogens is 3. The number of benzene rings is 2. The number of fused-ring (bicyclic) bond motifs is 1. The molecule has 0 aliphatic carbocycles. The Morgan fingerprint density at radius 2 is 1.77 bits per heavy atom. The molecule has 0 unspecified atom stereocenters. The normalized spacial score (nSPS) is 11.3. The third kappa shape index (κ3) is 4.55. The van der Waals surface area contributed by atoms with E-state index in [1.807, 2.05) is 0 Å². The molecule has 2 aromatic carbocycles. The van der Waals surface area contributed by atoms with Gasteiger partial charge < -0.3 is 9.73 Å². The van der Waals surface area contributed by atoms with Crippen LogP contribution < -0.4 is 10.6 Å². The van der Waals surface area contributed by atoms with E-state index in [1.165, 1.54) is 18.2 Å². The molecule has 0 aliphatic heterocycles. The van der Waals surface area contributed by atoms with Crippen molar-refractivity contribution in [3.63, 3.8) is 0 Å². The zero-order chi connectivity index (χ0) is 18.7. The van der Waals surface area contributed by atoms with Crippen LogP contribution in [0.3, 0.4) is 0 Å². The maximum Gasteiger partial charge on any atom is 0.446 e. The van der Waals surface area contributed by atoms with Gasteiger partial charge in [0.25, 0.3) is 5.91 Å². The van der Waals surface area contributed by atoms with E-state index in [0.29, 0.717) is 5.58 Å². The number of para-hydroxylation sites is 2. The molecule has 1 aromatic heterocycles. The van der Waals surface area contributed by atoms with Crippen LogP contribution >= 0.6 is 24.0 Å². The minimum Gasteiger partial charge on any atom is -0.451 e. The molecule has 3 aromatic rings. The predicted octanol–water partition coefficient (Wildman–Crippen LogP) is 5.17. The lowest BCUT2D eigenvalue weighted by Crippen LogP contribution is -2.34. The molecule has 4 nitrogen and oxygen atoms in total. The summed E-state index contributed by atoms with van der Waals surface area (Å²) in [6, 6.07) is 14.4. The summed E-state index contributed by atoms with van der Waals surface area (Å²) in [4.78, 5) is 12.2. The van der Waals surface area contributed by atoms with E-state index in [4.69, 9.17) is 16.6 Å². The minimum atomic E-state index is -4.43. The third-order valence-electron chi connectivity index (χ3n) is 3.24. The van der Waals surface area contributed by atoms with Gasteiger partial charge in [0, 0.05) is 10.3 Å². The molecule has 1 heterocycles. The van der Waals surface area contributed by atoms with E-state index in [9.17, 15) is 18.0 Å². The van der Waals surface area contributed by atoms with Gasteiger partial charge in [0.2, 0.25) is 0 Å². The topological polar surface area (TPSA) is 54.3 Å². The van der Waals surface area contributed by atoms with Crippen LogP contribution in [0.5, 0.6) is 0 Å². The lowest BCUT2D eigenvalue weighted by atomic mass is 10.2. The zero-order valence-electron chi connectivity index (χ0n) is 13.0. The Morgan fingerprint density at radius 3 is 2.50 bits per heavy atom. The van der Waals surface area contributed by atoms with E-state index < -0.39 is 11.4 Å². The number of rotatable bonds is 3. The van der Waals surface area contributed by atoms with Crippen LogP contribution in [0, 0.1) is 0 Å². The lowest BCUT2D eigenvalue weighted by molar-refractivity contribution is -0.0328. The smallest absolute Gasteiger partial charge is 0.446 e. The van der Waals surface area contributed by atoms with Gasteiger partial charge in [0.1, 0.15) is 5.58 Å². The van der Waals surface area contributed by atoms with Crippen LogP contribution in [0.2, 0.25) is 0 Å². The van der Waals surface area contributed by atoms with Gasteiger partial charge in [-0.15, -0.1) is 0 Å². The van der Waals surface area contributed by atoms with Crippen LogP contribution in [0.25, 0.3) is 11.0 Å². The number of thioether (sulfide) groups is 1. The maximum atomic E-state index is 12.6. The van der Waals surface area contributed by atoms with E-state index in [-0.39, 0.29) is 33.2 Å². The van der Waals surface area contributed by atoms with Crippen molar-refractivity contribution in [2.24, 2.45) is 0 Å². The molecule has 134 valence electrons. The number of furan rings is 1. The number of carbonyl (C=O) groups excluding carboxylic acids is 1. The van der Waals surface area contributed by atoms with Crippen LogP contribution in [-0.4, -0.2) is 16.5 Å². The number of amides is 1. The van der Waals surface area contributed by atoms with Crippen molar-refractivity contribution in [1.29, 1.82) is 0 Å². The lowest BCUT2D eigenvalue weighted by Gasteiger charge is -2.13. The summed E-state index contributed by atoms with van der Waals surface area (Å²) in [6.07, 6.45) is 0. The van der Waals surface area contributed by atoms with Crippen molar-refractivity contribution >= 4 is 51.7 Å². The highest BCUT2D eigenvalue weighted by molar-refractivity contribution is 8.00. The number of thiocarbonyl (C=S) groups is 1. The molecule has 26 heavy (non-hydrogen) atoms. The molecule has 3 rings (SSSR count). The second-order valence-electron chi connectivity index (χ2n) is 5.10. The second kappa shape index (κ2) is 7.38. The summed E-state index contributed by atoms with van der Waals surface area (Å²) >= 11 is 4.75. The fourth-order valence-corrected chi connectivity index (χ4v) is 3.02. The van der Waals surface area contributed by atoms with Gasteiger partial charge in [0.15, 0.2) is 10.9 Å². The van der Waals surface area contributed by atoms with Gasteiger partial charge >= 0.3 is 5.51 Å². The van der Waals surface area contributed by atoms with Crippen molar-refractivity contribution in [1.82, 2.24) is 5.32 Å². The maximum absolute atomic E-state index is 12.6. The third-order valence-corrected chi connectivity index (χ3v) is 4.25. The van der Waals surface area contributed by atoms with E-state index in [1.54, 1.807) is 36.4 Å². The largest absolute Gasteiger partial charge is 0.451 e. The average molecular weight is 396 g/mol. The molecule has 0 saturated carbocycles. The molecule has 2 N–H and O–H groups in total. The summed E-state index contributed by atoms with van der Waals surface area (Å²) in [6.45, 7) is 0. The van der Waals surface area contributed by atoms with Crippen LogP contribution in [-0.2, 0) is 0 Å². The summed E-state index contributed by atoms with van der Waals surface area (Å²) in [5.41, 5.74) is -3.75. The van der Waals surface area contributed by atoms with E-state index in [0.717, 1.165) is 5.39 Å². The molecule has 0 atom stereocenters. The highest BCUT2D eigenvalue weighted by Crippen LogP contribution is 2.40. The standard InChI is InChI=1S/C17H11F3N2O2S2/c18-17(19,20)26-14-8-4-2-6-11(14)21-16(25)22-15(23)13-9-10-5-1-3-7-12(10)24-13/h1-9H,(H2,21,22,23,25). The minimum absolute atomic E-state index is 0.0494. The van der Waals surface area contributed by atoms with Gasteiger partial charge in [-0.25, -0.2) is 0 Å². The summed E-state index contributed by atoms with van der Waals surface area (Å²) in [5.74, 6) is -0.548. The number of alkyl halides is 3. The van der Waals surface area contributed by atoms with Gasteiger partial charge in [-0.05, 0) is 48.2 Å². The fraction of sp³-hybridized carbons (Fsp3) is 0.0588. The molecule has 0 bridgehead atoms. The Kier molecular flexibility index (Phi) is 5.19. The van der Waals surface area contributed by atoms with Crippen LogP contribution in [0.15, 0.2) is 63.9 Å². The highest BCUT2D eigenvalue weighted by Gasteiger charge is 2.30. The first-order chi connectivity index (χ1) is 12.3. The number of carbonyl (C=O) groups is 1. The summed E-state index contributed by atoms with van der Waals surface area (Å²) < 4.78 is 43.3. The van der Waals surface area contributed by atoms with E-state index in [2.05, 4.69) is 10.6 Å². The first kappa shape index (κ1) is 18.3. The van der Waals surface area contributed by atoms with Gasteiger partial charge in [0.05, 0.1) is 5.69 Å². The number of anilines is 1. The Balaban J connectivity index is 1.70. The Morgan fingerprint density at radius 1 is 1.08 bits per heavy atom. The fourth-order valence-electron chi connectivity index (χ4n) is 2.20. The molecule has 9 heteroatoms. The van der Waals surface area contributed by atoms with Crippen LogP contribution in [0.4, 0.5) is 18.9 Å². The Labute approximate surface area is 155 Å². The summed E-state index contributed by atoms with van der Waals surface area (Å²) in [7, 11) is 0. The molecular weight excluding hydrogens is 385 g/mol. The number of hydrogen-bond acceptors (Lipinski definition) is 4. The number of hydrogen-bond donors (Lipinski definition) is 2. The first-order valence-electron chi connectivity index (χ1n) is 7.27. The molecule has 0 fully saturated rings. The van der Waals surface area contributed by atoms with E-state index >= 15 is 0 Å². The Hall–Kier alpha value is -2.52. The van der Waals surface area contributed by atoms with Crippen molar-refractivity contribution in [3.8, 4) is 0 Å². The quantitative estimate of drug-likeness (QED) is 0.472. The molecular formula is C17H11F3N2O2S2. The van der Waals surface area contributed by atoms with Crippen molar-refractivity contribution in [2.45, 2.75) is 10.4 Å². The summed E-state index contributed by atoms with van der Waals surface area (Å²) in [5, 5.41) is 5.62. The first-order valence-corrected chi connectivity index (χ1v) is 8.50. The van der Waals surface area contributed by atoms with Gasteiger partial charge in [-0.1, -0.05) is 30.3 Å². The van der Waals surface area contributed by atoms with Crippen molar-refractivity contribution in [3.05, 3.63) is 60.4 Å². The second-order valence-corrected chi connectivity index (χ2v) is 6.62. The van der Waals surface area contributed by atoms with Crippen LogP contribution in [0.1, 0.15) is 10.6 Å². The number of nitrogens with one attached hydrogen (secondary N) is 2. The monoisotopic (exact) mass is 396 g/mol. The molecule has 0 saturated heterocycles. The van der Waals surface area contributed by atoms with Crippen molar-refractivity contribution < 1.29 is 22.4 Å². The molecule has 0 radical (unpaired) electrons. The van der Waals surface area contributed by atoms with Gasteiger partial charge in [-0.3, -0.25) is 10.1 Å². The average Bonchev–Trinajstić information content (AvgIpc) is 2.99.